The SMILES string of the molecule is C#CCN(C)C(=O)c1cnc2scc(-c3ccc(Cl)s3)n2c1=O. The van der Waals surface area contributed by atoms with Gasteiger partial charge in [-0.2, -0.15) is 0 Å². The first-order valence-electron chi connectivity index (χ1n) is 6.47. The summed E-state index contributed by atoms with van der Waals surface area (Å²) in [4.78, 5) is 32.0. The van der Waals surface area contributed by atoms with Crippen molar-refractivity contribution in [3.05, 3.63) is 44.0 Å². The van der Waals surface area contributed by atoms with Crippen molar-refractivity contribution in [2.75, 3.05) is 13.6 Å². The highest BCUT2D eigenvalue weighted by Gasteiger charge is 2.19. The van der Waals surface area contributed by atoms with Gasteiger partial charge in [0, 0.05) is 18.6 Å². The average Bonchev–Trinajstić information content (AvgIpc) is 3.13. The third-order valence-corrected chi connectivity index (χ3v) is 5.27. The van der Waals surface area contributed by atoms with E-state index < -0.39 is 11.5 Å². The molecule has 116 valence electrons. The van der Waals surface area contributed by atoms with Crippen molar-refractivity contribution in [3.8, 4) is 22.9 Å². The predicted molar refractivity (Wildman–Crippen MR) is 93.5 cm³/mol. The van der Waals surface area contributed by atoms with Crippen LogP contribution in [0.15, 0.2) is 28.5 Å². The van der Waals surface area contributed by atoms with Crippen LogP contribution < -0.4 is 5.56 Å². The molecule has 0 aliphatic rings. The Kier molecular flexibility index (Phi) is 4.22. The zero-order chi connectivity index (χ0) is 16.6. The van der Waals surface area contributed by atoms with Gasteiger partial charge >= 0.3 is 0 Å². The minimum atomic E-state index is -0.448. The number of hydrogen-bond donors (Lipinski definition) is 0. The molecule has 0 saturated heterocycles. The fraction of sp³-hybridized carbons (Fsp3) is 0.133. The molecule has 8 heteroatoms. The van der Waals surface area contributed by atoms with E-state index in [0.29, 0.717) is 15.0 Å². The normalized spacial score (nSPS) is 10.7. The monoisotopic (exact) mass is 363 g/mol. The first-order chi connectivity index (χ1) is 11.0. The fourth-order valence-electron chi connectivity index (χ4n) is 2.08. The van der Waals surface area contributed by atoms with E-state index in [0.717, 1.165) is 4.88 Å². The Morgan fingerprint density at radius 1 is 1.52 bits per heavy atom. The van der Waals surface area contributed by atoms with Crippen LogP contribution in [0.2, 0.25) is 4.34 Å². The van der Waals surface area contributed by atoms with Gasteiger partial charge in [-0.3, -0.25) is 9.59 Å². The summed E-state index contributed by atoms with van der Waals surface area (Å²) in [6, 6.07) is 3.60. The van der Waals surface area contributed by atoms with E-state index in [1.165, 1.54) is 38.2 Å². The topological polar surface area (TPSA) is 54.7 Å². The molecule has 0 radical (unpaired) electrons. The number of thiophene rings is 1. The molecule has 0 bridgehead atoms. The predicted octanol–water partition coefficient (Wildman–Crippen LogP) is 2.84. The maximum Gasteiger partial charge on any atom is 0.271 e. The lowest BCUT2D eigenvalue weighted by Gasteiger charge is -2.13. The van der Waals surface area contributed by atoms with E-state index in [9.17, 15) is 9.59 Å². The molecule has 5 nitrogen and oxygen atoms in total. The number of nitrogens with zero attached hydrogens (tertiary/aromatic N) is 3. The summed E-state index contributed by atoms with van der Waals surface area (Å²) in [5.74, 6) is 1.93. The van der Waals surface area contributed by atoms with Gasteiger partial charge in [0.25, 0.3) is 11.5 Å². The molecule has 0 aromatic carbocycles. The Balaban J connectivity index is 2.17. The second-order valence-corrected chi connectivity index (χ2v) is 7.24. The molecule has 23 heavy (non-hydrogen) atoms. The third kappa shape index (κ3) is 2.77. The minimum Gasteiger partial charge on any atom is -0.330 e. The minimum absolute atomic E-state index is 0.0115. The number of halogens is 1. The summed E-state index contributed by atoms with van der Waals surface area (Å²) < 4.78 is 2.06. The average molecular weight is 364 g/mol. The first kappa shape index (κ1) is 15.7. The Bertz CT molecular complexity index is 996. The number of rotatable bonds is 3. The van der Waals surface area contributed by atoms with Gasteiger partial charge < -0.3 is 4.90 Å². The van der Waals surface area contributed by atoms with Gasteiger partial charge in [0.05, 0.1) is 21.5 Å². The molecule has 0 saturated carbocycles. The lowest BCUT2D eigenvalue weighted by Crippen LogP contribution is -2.33. The van der Waals surface area contributed by atoms with Crippen molar-refractivity contribution < 1.29 is 4.79 Å². The van der Waals surface area contributed by atoms with Gasteiger partial charge in [-0.05, 0) is 12.1 Å². The molecule has 3 aromatic rings. The highest BCUT2D eigenvalue weighted by molar-refractivity contribution is 7.20. The quantitative estimate of drug-likeness (QED) is 0.672. The molecule has 0 N–H and O–H groups in total. The van der Waals surface area contributed by atoms with Crippen LogP contribution in [0.25, 0.3) is 15.5 Å². The highest BCUT2D eigenvalue weighted by atomic mass is 35.5. The first-order valence-corrected chi connectivity index (χ1v) is 8.54. The number of fused-ring (bicyclic) bond motifs is 1. The number of aromatic nitrogens is 2. The number of terminal acetylenes is 1. The summed E-state index contributed by atoms with van der Waals surface area (Å²) in [6.45, 7) is 0.123. The Hall–Kier alpha value is -2.14. The summed E-state index contributed by atoms with van der Waals surface area (Å²) in [5.41, 5.74) is 0.251. The lowest BCUT2D eigenvalue weighted by atomic mass is 10.3. The molecule has 0 fully saturated rings. The molecule has 0 aliphatic heterocycles. The van der Waals surface area contributed by atoms with Gasteiger partial charge in [0.2, 0.25) is 0 Å². The van der Waals surface area contributed by atoms with Gasteiger partial charge in [-0.15, -0.1) is 29.1 Å². The van der Waals surface area contributed by atoms with Crippen molar-refractivity contribution in [2.24, 2.45) is 0 Å². The Morgan fingerprint density at radius 2 is 2.30 bits per heavy atom. The van der Waals surface area contributed by atoms with Crippen LogP contribution in [-0.2, 0) is 0 Å². The molecular weight excluding hydrogens is 354 g/mol. The summed E-state index contributed by atoms with van der Waals surface area (Å²) in [7, 11) is 1.55. The number of amides is 1. The second-order valence-electron chi connectivity index (χ2n) is 4.69. The van der Waals surface area contributed by atoms with Gasteiger partial charge in [-0.1, -0.05) is 17.5 Å². The summed E-state index contributed by atoms with van der Waals surface area (Å²) >= 11 is 8.66. The zero-order valence-corrected chi connectivity index (χ0v) is 14.3. The Labute approximate surface area is 144 Å². The maximum absolute atomic E-state index is 12.7. The van der Waals surface area contributed by atoms with Gasteiger partial charge in [0.1, 0.15) is 5.56 Å². The molecular formula is C15H10ClN3O2S2. The van der Waals surface area contributed by atoms with Crippen molar-refractivity contribution in [1.82, 2.24) is 14.3 Å². The smallest absolute Gasteiger partial charge is 0.271 e. The van der Waals surface area contributed by atoms with E-state index in [-0.39, 0.29) is 12.1 Å². The van der Waals surface area contributed by atoms with Crippen LogP contribution in [-0.4, -0.2) is 33.8 Å². The molecule has 1 amide bonds. The van der Waals surface area contributed by atoms with Gasteiger partial charge in [0.15, 0.2) is 4.96 Å². The summed E-state index contributed by atoms with van der Waals surface area (Å²) in [6.07, 6.45) is 6.51. The third-order valence-electron chi connectivity index (χ3n) is 3.18. The van der Waals surface area contributed by atoms with Crippen molar-refractivity contribution in [1.29, 1.82) is 0 Å². The number of carbonyl (C=O) groups excluding carboxylic acids is 1. The standard InChI is InChI=1S/C15H10ClN3O2S2/c1-3-6-18(2)13(20)9-7-17-15-19(14(9)21)10(8-22-15)11-4-5-12(16)23-11/h1,4-5,7-8H,6H2,2H3. The van der Waals surface area contributed by atoms with Crippen LogP contribution in [0.3, 0.4) is 0 Å². The highest BCUT2D eigenvalue weighted by Crippen LogP contribution is 2.32. The number of thiazole rings is 1. The fourth-order valence-corrected chi connectivity index (χ4v) is 4.05. The second kappa shape index (κ2) is 6.16. The van der Waals surface area contributed by atoms with Crippen LogP contribution in [0, 0.1) is 12.3 Å². The number of carbonyl (C=O) groups is 1. The van der Waals surface area contributed by atoms with E-state index >= 15 is 0 Å². The van der Waals surface area contributed by atoms with Crippen molar-refractivity contribution >= 4 is 45.1 Å². The molecule has 0 aliphatic carbocycles. The molecule has 0 unspecified atom stereocenters. The van der Waals surface area contributed by atoms with E-state index in [2.05, 4.69) is 10.9 Å². The van der Waals surface area contributed by atoms with E-state index in [1.54, 1.807) is 13.1 Å². The van der Waals surface area contributed by atoms with Crippen LogP contribution in [0.1, 0.15) is 10.4 Å². The molecule has 0 atom stereocenters. The number of hydrogen-bond acceptors (Lipinski definition) is 5. The zero-order valence-electron chi connectivity index (χ0n) is 11.9. The van der Waals surface area contributed by atoms with E-state index in [1.807, 2.05) is 11.4 Å². The molecule has 3 rings (SSSR count). The largest absolute Gasteiger partial charge is 0.330 e. The van der Waals surface area contributed by atoms with Crippen LogP contribution in [0.4, 0.5) is 0 Å². The summed E-state index contributed by atoms with van der Waals surface area (Å²) in [5, 5.41) is 1.82. The van der Waals surface area contributed by atoms with Crippen LogP contribution in [0.5, 0.6) is 0 Å². The maximum atomic E-state index is 12.7. The molecule has 3 aromatic heterocycles. The lowest BCUT2D eigenvalue weighted by molar-refractivity contribution is 0.0810. The molecule has 0 spiro atoms. The van der Waals surface area contributed by atoms with E-state index in [4.69, 9.17) is 18.0 Å². The molecule has 3 heterocycles. The van der Waals surface area contributed by atoms with Crippen molar-refractivity contribution in [3.63, 3.8) is 0 Å². The van der Waals surface area contributed by atoms with Crippen LogP contribution >= 0.6 is 34.3 Å². The van der Waals surface area contributed by atoms with Crippen molar-refractivity contribution in [2.45, 2.75) is 0 Å². The Morgan fingerprint density at radius 3 is 2.96 bits per heavy atom. The van der Waals surface area contributed by atoms with Gasteiger partial charge in [-0.25, -0.2) is 9.38 Å².